The van der Waals surface area contributed by atoms with E-state index in [4.69, 9.17) is 23.7 Å². The molecule has 0 aliphatic carbocycles. The van der Waals surface area contributed by atoms with Crippen LogP contribution in [0.2, 0.25) is 0 Å². The highest BCUT2D eigenvalue weighted by molar-refractivity contribution is 5.89. The van der Waals surface area contributed by atoms with Gasteiger partial charge >= 0.3 is 12.2 Å². The number of aliphatic hydroxyl groups excluding tert-OH is 1. The number of halogens is 3. The summed E-state index contributed by atoms with van der Waals surface area (Å²) in [5, 5.41) is 19.9. The van der Waals surface area contributed by atoms with E-state index in [-0.39, 0.29) is 24.8 Å². The minimum atomic E-state index is -4.59. The van der Waals surface area contributed by atoms with E-state index in [2.05, 4.69) is 22.9 Å². The molecule has 0 spiro atoms. The summed E-state index contributed by atoms with van der Waals surface area (Å²) in [4.78, 5) is 26.7. The van der Waals surface area contributed by atoms with Crippen LogP contribution in [0, 0.1) is 5.92 Å². The van der Waals surface area contributed by atoms with E-state index in [9.17, 15) is 27.9 Å². The van der Waals surface area contributed by atoms with Gasteiger partial charge in [-0.25, -0.2) is 4.79 Å². The number of carbonyl (C=O) groups is 2. The molecule has 54 heavy (non-hydrogen) atoms. The Kier molecular flexibility index (Phi) is 15.6. The smallest absolute Gasteiger partial charge is 0.387 e. The summed E-state index contributed by atoms with van der Waals surface area (Å²) in [5.74, 6) is -0.647. The van der Waals surface area contributed by atoms with Crippen molar-refractivity contribution < 1.29 is 51.6 Å². The van der Waals surface area contributed by atoms with Crippen molar-refractivity contribution in [3.05, 3.63) is 65.7 Å². The molecule has 0 radical (unpaired) electrons. The molecule has 11 nitrogen and oxygen atoms in total. The molecule has 3 saturated heterocycles. The minimum Gasteiger partial charge on any atom is -0.387 e. The third-order valence-electron chi connectivity index (χ3n) is 10.5. The number of rotatable bonds is 16. The second-order valence-corrected chi connectivity index (χ2v) is 14.6. The molecule has 10 atom stereocenters. The number of fused-ring (bicyclic) bond motifs is 1. The Balaban J connectivity index is 1.29. The van der Waals surface area contributed by atoms with Gasteiger partial charge in [0.15, 0.2) is 12.6 Å². The number of amides is 3. The Morgan fingerprint density at radius 2 is 1.61 bits per heavy atom. The van der Waals surface area contributed by atoms with Gasteiger partial charge in [0.1, 0.15) is 18.3 Å². The SMILES string of the molecule is CCCCCCCCCCC(=O)N[C@H]1C(CC)OCC(NC(=O)Nc2cccc(C(F)(F)F)c2)[C@H]1O[C@H]1OC2COC(c3ccccc3)O[C@@H]2[C@H](C)C1O. The predicted octanol–water partition coefficient (Wildman–Crippen LogP) is 7.24. The zero-order chi connectivity index (χ0) is 38.7. The normalized spacial score (nSPS) is 29.9. The van der Waals surface area contributed by atoms with Crippen molar-refractivity contribution in [2.24, 2.45) is 5.92 Å². The van der Waals surface area contributed by atoms with Crippen LogP contribution < -0.4 is 16.0 Å². The molecule has 0 aromatic heterocycles. The molecule has 5 unspecified atom stereocenters. The molecule has 3 amide bonds. The van der Waals surface area contributed by atoms with Crippen molar-refractivity contribution in [3.8, 4) is 0 Å². The molecule has 5 rings (SSSR count). The van der Waals surface area contributed by atoms with Gasteiger partial charge in [-0.2, -0.15) is 13.2 Å². The first-order chi connectivity index (χ1) is 26.0. The fourth-order valence-electron chi connectivity index (χ4n) is 7.40. The van der Waals surface area contributed by atoms with Crippen molar-refractivity contribution in [1.29, 1.82) is 0 Å². The quantitative estimate of drug-likeness (QED) is 0.132. The molecule has 2 aromatic carbocycles. The second kappa shape index (κ2) is 20.1. The lowest BCUT2D eigenvalue weighted by Crippen LogP contribution is -2.68. The molecule has 4 N–H and O–H groups in total. The van der Waals surface area contributed by atoms with Crippen LogP contribution >= 0.6 is 0 Å². The Morgan fingerprint density at radius 1 is 0.889 bits per heavy atom. The zero-order valence-corrected chi connectivity index (χ0v) is 31.4. The van der Waals surface area contributed by atoms with E-state index in [1.54, 1.807) is 0 Å². The van der Waals surface area contributed by atoms with Gasteiger partial charge in [-0.1, -0.05) is 102 Å². The first-order valence-corrected chi connectivity index (χ1v) is 19.4. The molecule has 14 heteroatoms. The van der Waals surface area contributed by atoms with Crippen LogP contribution in [0.1, 0.15) is 102 Å². The topological polar surface area (TPSA) is 137 Å². The monoisotopic (exact) mass is 763 g/mol. The first-order valence-electron chi connectivity index (χ1n) is 19.4. The summed E-state index contributed by atoms with van der Waals surface area (Å²) in [6.07, 6.45) is -0.654. The highest BCUT2D eigenvalue weighted by Gasteiger charge is 2.51. The second-order valence-electron chi connectivity index (χ2n) is 14.6. The van der Waals surface area contributed by atoms with Gasteiger partial charge < -0.3 is 44.7 Å². The van der Waals surface area contributed by atoms with E-state index >= 15 is 0 Å². The molecule has 0 saturated carbocycles. The number of aliphatic hydroxyl groups is 1. The zero-order valence-electron chi connectivity index (χ0n) is 31.4. The van der Waals surface area contributed by atoms with Crippen LogP contribution in [0.5, 0.6) is 0 Å². The lowest BCUT2D eigenvalue weighted by Gasteiger charge is -2.50. The van der Waals surface area contributed by atoms with Crippen LogP contribution in [-0.2, 0) is 34.7 Å². The summed E-state index contributed by atoms with van der Waals surface area (Å²) in [6.45, 7) is 6.08. The van der Waals surface area contributed by atoms with Gasteiger partial charge in [-0.05, 0) is 31.0 Å². The number of ether oxygens (including phenoxy) is 5. The fourth-order valence-corrected chi connectivity index (χ4v) is 7.40. The predicted molar refractivity (Wildman–Crippen MR) is 195 cm³/mol. The van der Waals surface area contributed by atoms with E-state index in [0.29, 0.717) is 19.3 Å². The number of hydrogen-bond donors (Lipinski definition) is 4. The van der Waals surface area contributed by atoms with E-state index < -0.39 is 78.9 Å². The largest absolute Gasteiger partial charge is 0.416 e. The van der Waals surface area contributed by atoms with Gasteiger partial charge in [0.2, 0.25) is 5.91 Å². The number of anilines is 1. The van der Waals surface area contributed by atoms with Gasteiger partial charge in [-0.3, -0.25) is 4.79 Å². The summed E-state index contributed by atoms with van der Waals surface area (Å²) in [5.41, 5.74) is -0.129. The molecular weight excluding hydrogens is 707 g/mol. The van der Waals surface area contributed by atoms with Crippen LogP contribution in [0.3, 0.4) is 0 Å². The molecule has 2 aromatic rings. The van der Waals surface area contributed by atoms with E-state index in [1.807, 2.05) is 44.2 Å². The molecule has 0 bridgehead atoms. The van der Waals surface area contributed by atoms with Crippen molar-refractivity contribution in [2.45, 2.75) is 146 Å². The first kappa shape index (κ1) is 41.9. The number of nitrogens with one attached hydrogen (secondary N) is 3. The molecule has 3 heterocycles. The van der Waals surface area contributed by atoms with Gasteiger partial charge in [-0.15, -0.1) is 0 Å². The lowest BCUT2D eigenvalue weighted by molar-refractivity contribution is -0.361. The highest BCUT2D eigenvalue weighted by atomic mass is 19.4. The van der Waals surface area contributed by atoms with Crippen molar-refractivity contribution in [3.63, 3.8) is 0 Å². The van der Waals surface area contributed by atoms with Crippen molar-refractivity contribution >= 4 is 17.6 Å². The average molecular weight is 764 g/mol. The third kappa shape index (κ3) is 11.4. The standard InChI is InChI=1S/C40H56F3N3O8/c1-4-6-7-8-9-10-11-15-21-32(47)46-33-30(5-2)50-23-29(45-39(49)44-28-20-16-19-27(22-28)40(41,42)43)36(33)54-38-34(48)25(3)35-31(52-38)24-51-37(53-35)26-17-13-12-14-18-26/h12-14,16-20,22,25,29-31,33-38,48H,4-11,15,21,23-24H2,1-3H3,(H,46,47)(H2,44,45,49)/t25-,29?,30?,31?,33+,34?,35-,36-,37?,38-/m1/s1. The van der Waals surface area contributed by atoms with Crippen LogP contribution in [-0.4, -0.2) is 79.2 Å². The van der Waals surface area contributed by atoms with E-state index in [1.165, 1.54) is 37.8 Å². The summed E-state index contributed by atoms with van der Waals surface area (Å²) < 4.78 is 71.3. The Labute approximate surface area is 316 Å². The van der Waals surface area contributed by atoms with Crippen LogP contribution in [0.15, 0.2) is 54.6 Å². The number of carbonyl (C=O) groups excluding carboxylic acids is 2. The molecule has 300 valence electrons. The number of hydrogen-bond acceptors (Lipinski definition) is 8. The van der Waals surface area contributed by atoms with Gasteiger partial charge in [0, 0.05) is 23.6 Å². The van der Waals surface area contributed by atoms with Crippen LogP contribution in [0.25, 0.3) is 0 Å². The average Bonchev–Trinajstić information content (AvgIpc) is 3.16. The Hall–Kier alpha value is -3.27. The number of benzene rings is 2. The van der Waals surface area contributed by atoms with Crippen molar-refractivity contribution in [1.82, 2.24) is 10.6 Å². The fraction of sp³-hybridized carbons (Fsp3) is 0.650. The summed E-state index contributed by atoms with van der Waals surface area (Å²) >= 11 is 0. The number of alkyl halides is 3. The van der Waals surface area contributed by atoms with Gasteiger partial charge in [0.05, 0.1) is 43.1 Å². The molecule has 3 fully saturated rings. The lowest BCUT2D eigenvalue weighted by atomic mass is 9.89. The maximum Gasteiger partial charge on any atom is 0.416 e. The Morgan fingerprint density at radius 3 is 2.31 bits per heavy atom. The Bertz CT molecular complexity index is 1470. The summed E-state index contributed by atoms with van der Waals surface area (Å²) in [7, 11) is 0. The van der Waals surface area contributed by atoms with E-state index in [0.717, 1.165) is 37.0 Å². The molecule has 3 aliphatic heterocycles. The van der Waals surface area contributed by atoms with Crippen molar-refractivity contribution in [2.75, 3.05) is 18.5 Å². The third-order valence-corrected chi connectivity index (χ3v) is 10.5. The molecule has 3 aliphatic rings. The van der Waals surface area contributed by atoms with Crippen LogP contribution in [0.4, 0.5) is 23.7 Å². The summed E-state index contributed by atoms with van der Waals surface area (Å²) in [6, 6.07) is 11.3. The number of urea groups is 1. The number of unbranched alkanes of at least 4 members (excludes halogenated alkanes) is 7. The molecular formula is C40H56F3N3O8. The minimum absolute atomic E-state index is 0.0288. The maximum atomic E-state index is 13.4. The highest BCUT2D eigenvalue weighted by Crippen LogP contribution is 2.38. The van der Waals surface area contributed by atoms with Gasteiger partial charge in [0.25, 0.3) is 0 Å². The maximum absolute atomic E-state index is 13.4.